The Labute approximate surface area is 195 Å². The maximum absolute atomic E-state index is 13.2. The number of anilines is 2. The highest BCUT2D eigenvalue weighted by atomic mass is 32.2. The highest BCUT2D eigenvalue weighted by Gasteiger charge is 2.30. The van der Waals surface area contributed by atoms with Crippen molar-refractivity contribution in [2.75, 3.05) is 35.9 Å². The van der Waals surface area contributed by atoms with Gasteiger partial charge in [0.25, 0.3) is 15.9 Å². The van der Waals surface area contributed by atoms with Gasteiger partial charge in [-0.1, -0.05) is 42.5 Å². The van der Waals surface area contributed by atoms with Crippen LogP contribution in [-0.4, -0.2) is 41.0 Å². The minimum absolute atomic E-state index is 0.135. The Kier molecular flexibility index (Phi) is 6.99. The number of benzene rings is 3. The average Bonchev–Trinajstić information content (AvgIpc) is 3.29. The van der Waals surface area contributed by atoms with E-state index in [4.69, 9.17) is 0 Å². The van der Waals surface area contributed by atoms with Gasteiger partial charge in [-0.15, -0.1) is 0 Å². The number of sulfonamides is 1. The van der Waals surface area contributed by atoms with E-state index in [0.717, 1.165) is 24.9 Å². The lowest BCUT2D eigenvalue weighted by atomic mass is 10.2. The Hall–Kier alpha value is -3.32. The van der Waals surface area contributed by atoms with Crippen molar-refractivity contribution in [3.63, 3.8) is 0 Å². The highest BCUT2D eigenvalue weighted by Crippen LogP contribution is 2.32. The smallest absolute Gasteiger partial charge is 0.264 e. The van der Waals surface area contributed by atoms with Crippen LogP contribution in [0.25, 0.3) is 0 Å². The molecule has 1 aliphatic heterocycles. The Bertz CT molecular complexity index is 1210. The fourth-order valence-corrected chi connectivity index (χ4v) is 5.62. The van der Waals surface area contributed by atoms with Crippen molar-refractivity contribution in [1.29, 1.82) is 0 Å². The molecule has 0 saturated carbocycles. The molecule has 0 aliphatic carbocycles. The van der Waals surface area contributed by atoms with Crippen LogP contribution in [0.4, 0.5) is 11.4 Å². The molecule has 1 aliphatic rings. The molecule has 1 amide bonds. The van der Waals surface area contributed by atoms with Crippen LogP contribution in [0.5, 0.6) is 0 Å². The average molecular weight is 464 g/mol. The molecule has 0 saturated heterocycles. The molecule has 3 aromatic carbocycles. The molecule has 3 aromatic rings. The third-order valence-corrected chi connectivity index (χ3v) is 7.74. The van der Waals surface area contributed by atoms with Crippen LogP contribution >= 0.6 is 0 Å². The predicted molar refractivity (Wildman–Crippen MR) is 132 cm³/mol. The van der Waals surface area contributed by atoms with Crippen LogP contribution < -0.4 is 14.5 Å². The molecule has 33 heavy (non-hydrogen) atoms. The topological polar surface area (TPSA) is 69.7 Å². The summed E-state index contributed by atoms with van der Waals surface area (Å²) in [5.41, 5.74) is 3.26. The minimum atomic E-state index is -3.73. The van der Waals surface area contributed by atoms with Crippen molar-refractivity contribution >= 4 is 27.3 Å². The lowest BCUT2D eigenvalue weighted by Gasteiger charge is -2.20. The summed E-state index contributed by atoms with van der Waals surface area (Å²) in [6, 6.07) is 24.0. The number of fused-ring (bicyclic) bond motifs is 1. The second-order valence-electron chi connectivity index (χ2n) is 8.20. The number of nitrogens with one attached hydrogen (secondary N) is 1. The van der Waals surface area contributed by atoms with E-state index in [9.17, 15) is 13.2 Å². The summed E-state index contributed by atoms with van der Waals surface area (Å²) in [5.74, 6) is -0.259. The van der Waals surface area contributed by atoms with Crippen molar-refractivity contribution in [1.82, 2.24) is 5.32 Å². The Morgan fingerprint density at radius 2 is 1.73 bits per heavy atom. The maximum atomic E-state index is 13.2. The lowest BCUT2D eigenvalue weighted by Crippen LogP contribution is -2.30. The number of amides is 1. The third kappa shape index (κ3) is 5.20. The number of nitrogens with zero attached hydrogens (tertiary/aromatic N) is 2. The molecule has 172 valence electrons. The molecular weight excluding hydrogens is 434 g/mol. The summed E-state index contributed by atoms with van der Waals surface area (Å²) in [6.07, 6.45) is 2.47. The largest absolute Gasteiger partial charge is 0.375 e. The fraction of sp³-hybridized carbons (Fsp3) is 0.269. The second kappa shape index (κ2) is 10.1. The molecule has 4 rings (SSSR count). The van der Waals surface area contributed by atoms with Gasteiger partial charge < -0.3 is 10.2 Å². The molecule has 0 spiro atoms. The summed E-state index contributed by atoms with van der Waals surface area (Å²) in [7, 11) is -1.67. The number of para-hydroxylation sites is 2. The molecule has 0 fully saturated rings. The van der Waals surface area contributed by atoms with E-state index in [2.05, 4.69) is 29.4 Å². The van der Waals surface area contributed by atoms with Gasteiger partial charge in [0, 0.05) is 37.9 Å². The summed E-state index contributed by atoms with van der Waals surface area (Å²) in [5, 5.41) is 2.91. The Balaban J connectivity index is 1.32. The van der Waals surface area contributed by atoms with Gasteiger partial charge in [0.1, 0.15) is 0 Å². The zero-order chi connectivity index (χ0) is 23.3. The molecule has 1 N–H and O–H groups in total. The maximum Gasteiger partial charge on any atom is 0.264 e. The molecule has 0 bridgehead atoms. The summed E-state index contributed by atoms with van der Waals surface area (Å²) in [6.45, 7) is 1.85. The molecular formula is C26H29N3O3S. The lowest BCUT2D eigenvalue weighted by molar-refractivity contribution is 0.0953. The zero-order valence-corrected chi connectivity index (χ0v) is 19.6. The van der Waals surface area contributed by atoms with Crippen LogP contribution in [0, 0.1) is 0 Å². The highest BCUT2D eigenvalue weighted by molar-refractivity contribution is 7.92. The van der Waals surface area contributed by atoms with E-state index in [1.165, 1.54) is 16.1 Å². The van der Waals surface area contributed by atoms with Crippen LogP contribution in [0.3, 0.4) is 0 Å². The van der Waals surface area contributed by atoms with Crippen molar-refractivity contribution < 1.29 is 13.2 Å². The van der Waals surface area contributed by atoms with Crippen LogP contribution in [0.1, 0.15) is 28.8 Å². The summed E-state index contributed by atoms with van der Waals surface area (Å²) < 4.78 is 27.9. The minimum Gasteiger partial charge on any atom is -0.375 e. The van der Waals surface area contributed by atoms with E-state index in [0.29, 0.717) is 30.8 Å². The van der Waals surface area contributed by atoms with Gasteiger partial charge >= 0.3 is 0 Å². The Morgan fingerprint density at radius 3 is 2.55 bits per heavy atom. The van der Waals surface area contributed by atoms with Gasteiger partial charge in [-0.25, -0.2) is 8.42 Å². The first-order valence-corrected chi connectivity index (χ1v) is 12.7. The number of rotatable bonds is 9. The SMILES string of the molecule is CN(CCCCNC(=O)c1cccc(S(=O)(=O)N2CCc3ccccc32)c1)c1ccccc1. The van der Waals surface area contributed by atoms with E-state index >= 15 is 0 Å². The van der Waals surface area contributed by atoms with Crippen molar-refractivity contribution in [3.8, 4) is 0 Å². The van der Waals surface area contributed by atoms with Gasteiger partial charge in [0.2, 0.25) is 0 Å². The van der Waals surface area contributed by atoms with Gasteiger partial charge in [-0.05, 0) is 61.2 Å². The van der Waals surface area contributed by atoms with Gasteiger partial charge in [0.15, 0.2) is 0 Å². The standard InChI is InChI=1S/C26H29N3O3S/c1-28(23-12-3-2-4-13-23)18-8-7-17-27-26(30)22-11-9-14-24(20-22)33(31,32)29-19-16-21-10-5-6-15-25(21)29/h2-6,9-15,20H,7-8,16-19H2,1H3,(H,27,30). The van der Waals surface area contributed by atoms with Crippen molar-refractivity contribution in [3.05, 3.63) is 90.0 Å². The van der Waals surface area contributed by atoms with Crippen LogP contribution in [-0.2, 0) is 16.4 Å². The molecule has 0 atom stereocenters. The van der Waals surface area contributed by atoms with Gasteiger partial charge in [-0.3, -0.25) is 9.10 Å². The summed E-state index contributed by atoms with van der Waals surface area (Å²) in [4.78, 5) is 15.0. The van der Waals surface area contributed by atoms with E-state index in [1.807, 2.05) is 42.5 Å². The number of hydrogen-bond acceptors (Lipinski definition) is 4. The number of hydrogen-bond donors (Lipinski definition) is 1. The second-order valence-corrected chi connectivity index (χ2v) is 10.1. The molecule has 0 radical (unpaired) electrons. The van der Waals surface area contributed by atoms with E-state index in [1.54, 1.807) is 18.2 Å². The first-order valence-electron chi connectivity index (χ1n) is 11.2. The first-order chi connectivity index (χ1) is 16.0. The van der Waals surface area contributed by atoms with Gasteiger partial charge in [-0.2, -0.15) is 0 Å². The molecule has 0 aromatic heterocycles. The summed E-state index contributed by atoms with van der Waals surface area (Å²) >= 11 is 0. The normalized spacial score (nSPS) is 12.9. The van der Waals surface area contributed by atoms with Crippen LogP contribution in [0.15, 0.2) is 83.8 Å². The van der Waals surface area contributed by atoms with Crippen molar-refractivity contribution in [2.45, 2.75) is 24.2 Å². The molecule has 6 nitrogen and oxygen atoms in total. The Morgan fingerprint density at radius 1 is 0.970 bits per heavy atom. The van der Waals surface area contributed by atoms with Gasteiger partial charge in [0.05, 0.1) is 10.6 Å². The molecule has 7 heteroatoms. The number of unbranched alkanes of at least 4 members (excludes halogenated alkanes) is 1. The molecule has 1 heterocycles. The first kappa shape index (κ1) is 22.9. The number of carbonyl (C=O) groups excluding carboxylic acids is 1. The molecule has 0 unspecified atom stereocenters. The number of carbonyl (C=O) groups is 1. The third-order valence-electron chi connectivity index (χ3n) is 5.93. The zero-order valence-electron chi connectivity index (χ0n) is 18.8. The van der Waals surface area contributed by atoms with Crippen LogP contribution in [0.2, 0.25) is 0 Å². The van der Waals surface area contributed by atoms with Crippen molar-refractivity contribution in [2.24, 2.45) is 0 Å². The quantitative estimate of drug-likeness (QED) is 0.486. The fourth-order valence-electron chi connectivity index (χ4n) is 4.07. The van der Waals surface area contributed by atoms with E-state index in [-0.39, 0.29) is 10.8 Å². The monoisotopic (exact) mass is 463 g/mol. The van der Waals surface area contributed by atoms with E-state index < -0.39 is 10.0 Å². The predicted octanol–water partition coefficient (Wildman–Crippen LogP) is 4.08.